The fourth-order valence-corrected chi connectivity index (χ4v) is 3.81. The molecule has 0 saturated heterocycles. The monoisotopic (exact) mass is 343 g/mol. The van der Waals surface area contributed by atoms with Gasteiger partial charge in [0.1, 0.15) is 11.9 Å². The molecule has 2 aromatic rings. The number of hydrogen-bond donors (Lipinski definition) is 2. The van der Waals surface area contributed by atoms with Crippen molar-refractivity contribution in [2.24, 2.45) is 0 Å². The minimum absolute atomic E-state index is 0.0558. The number of rotatable bonds is 3. The van der Waals surface area contributed by atoms with Crippen LogP contribution in [0.15, 0.2) is 42.5 Å². The molecule has 1 amide bonds. The Morgan fingerprint density at radius 1 is 1.25 bits per heavy atom. The van der Waals surface area contributed by atoms with Crippen molar-refractivity contribution in [2.45, 2.75) is 18.6 Å². The van der Waals surface area contributed by atoms with Crippen LogP contribution in [-0.4, -0.2) is 19.6 Å². The maximum absolute atomic E-state index is 12.6. The number of nitrogens with one attached hydrogen (secondary N) is 2. The molecule has 0 saturated carbocycles. The number of methoxy groups -OCH3 is 1. The molecule has 4 rings (SSSR count). The van der Waals surface area contributed by atoms with Gasteiger partial charge >= 0.3 is 0 Å². The van der Waals surface area contributed by atoms with Crippen LogP contribution in [0, 0.1) is 0 Å². The van der Waals surface area contributed by atoms with Crippen LogP contribution in [0.1, 0.15) is 40.1 Å². The Labute approximate surface area is 145 Å². The highest BCUT2D eigenvalue weighted by Gasteiger charge is 2.37. The van der Waals surface area contributed by atoms with Crippen molar-refractivity contribution in [1.82, 2.24) is 10.2 Å². The summed E-state index contributed by atoms with van der Waals surface area (Å²) in [5, 5.41) is 3.11. The number of halogens is 1. The molecule has 2 aromatic carbocycles. The number of para-hydroxylation sites is 1. The number of ether oxygens (including phenoxy) is 1. The zero-order valence-corrected chi connectivity index (χ0v) is 14.0. The molecule has 6 heteroatoms. The molecule has 2 N–H and O–H groups in total. The lowest BCUT2D eigenvalue weighted by Gasteiger charge is -2.44. The second kappa shape index (κ2) is 6.00. The van der Waals surface area contributed by atoms with E-state index in [0.717, 1.165) is 35.5 Å². The quantitative estimate of drug-likeness (QED) is 0.841. The van der Waals surface area contributed by atoms with Crippen LogP contribution < -0.4 is 19.8 Å². The topological polar surface area (TPSA) is 53.6 Å². The number of anilines is 1. The summed E-state index contributed by atoms with van der Waals surface area (Å²) in [4.78, 5) is 17.7. The molecule has 2 atom stereocenters. The predicted octanol–water partition coefficient (Wildman–Crippen LogP) is 3.13. The summed E-state index contributed by atoms with van der Waals surface area (Å²) in [6.45, 7) is 0.811. The summed E-state index contributed by atoms with van der Waals surface area (Å²) in [7, 11) is 1.64. The number of carbonyl (C=O) groups excluding carboxylic acids is 1. The molecular formula is C18H18ClN3O2. The maximum atomic E-state index is 12.6. The maximum Gasteiger partial charge on any atom is 0.255 e. The summed E-state index contributed by atoms with van der Waals surface area (Å²) in [5.41, 5.74) is 3.78. The Kier molecular flexibility index (Phi) is 3.82. The number of amides is 1. The molecule has 2 aliphatic rings. The zero-order chi connectivity index (χ0) is 16.7. The van der Waals surface area contributed by atoms with E-state index in [1.807, 2.05) is 42.5 Å². The van der Waals surface area contributed by atoms with Gasteiger partial charge in [0.05, 0.1) is 24.4 Å². The first-order chi connectivity index (χ1) is 11.7. The Morgan fingerprint density at radius 2 is 2.04 bits per heavy atom. The molecule has 0 bridgehead atoms. The lowest BCUT2D eigenvalue weighted by Crippen LogP contribution is -2.49. The van der Waals surface area contributed by atoms with E-state index in [1.165, 1.54) is 0 Å². The first-order valence-electron chi connectivity index (χ1n) is 7.93. The Morgan fingerprint density at radius 3 is 2.75 bits per heavy atom. The molecule has 0 aliphatic carbocycles. The van der Waals surface area contributed by atoms with E-state index in [9.17, 15) is 4.79 Å². The van der Waals surface area contributed by atoms with Gasteiger partial charge in [-0.3, -0.25) is 4.79 Å². The van der Waals surface area contributed by atoms with Gasteiger partial charge in [-0.25, -0.2) is 4.84 Å². The van der Waals surface area contributed by atoms with E-state index in [-0.39, 0.29) is 18.1 Å². The molecule has 124 valence electrons. The summed E-state index contributed by atoms with van der Waals surface area (Å²) in [5.74, 6) is 0.742. The minimum atomic E-state index is -0.187. The first kappa shape index (κ1) is 15.3. The highest BCUT2D eigenvalue weighted by Crippen LogP contribution is 2.43. The molecular weight excluding hydrogens is 326 g/mol. The molecule has 2 aliphatic heterocycles. The molecule has 0 spiro atoms. The summed E-state index contributed by atoms with van der Waals surface area (Å²) in [6, 6.07) is 13.7. The highest BCUT2D eigenvalue weighted by atomic mass is 35.5. The second-order valence-electron chi connectivity index (χ2n) is 6.04. The predicted molar refractivity (Wildman–Crippen MR) is 93.3 cm³/mol. The first-order valence-corrected chi connectivity index (χ1v) is 8.31. The molecule has 5 nitrogen and oxygen atoms in total. The van der Waals surface area contributed by atoms with Crippen molar-refractivity contribution in [3.05, 3.63) is 59.2 Å². The van der Waals surface area contributed by atoms with Crippen LogP contribution in [0.3, 0.4) is 0 Å². The van der Waals surface area contributed by atoms with Gasteiger partial charge in [0.15, 0.2) is 0 Å². The molecule has 24 heavy (non-hydrogen) atoms. The lowest BCUT2D eigenvalue weighted by atomic mass is 9.90. The third kappa shape index (κ3) is 2.32. The van der Waals surface area contributed by atoms with Gasteiger partial charge in [-0.1, -0.05) is 24.3 Å². The van der Waals surface area contributed by atoms with Crippen molar-refractivity contribution in [2.75, 3.05) is 18.6 Å². The summed E-state index contributed by atoms with van der Waals surface area (Å²) >= 11 is 5.91. The van der Waals surface area contributed by atoms with Crippen LogP contribution >= 0.6 is 11.8 Å². The number of benzene rings is 2. The lowest BCUT2D eigenvalue weighted by molar-refractivity contribution is 0.0925. The molecule has 0 aromatic heterocycles. The number of carbonyl (C=O) groups is 1. The Hall–Kier alpha value is -2.24. The Balaban J connectivity index is 1.79. The van der Waals surface area contributed by atoms with Crippen molar-refractivity contribution in [3.8, 4) is 5.75 Å². The van der Waals surface area contributed by atoms with Gasteiger partial charge in [-0.05, 0) is 47.5 Å². The van der Waals surface area contributed by atoms with Crippen LogP contribution in [0.2, 0.25) is 0 Å². The zero-order valence-electron chi connectivity index (χ0n) is 13.3. The van der Waals surface area contributed by atoms with Gasteiger partial charge in [0.2, 0.25) is 0 Å². The summed E-state index contributed by atoms with van der Waals surface area (Å²) < 4.78 is 5.22. The molecule has 2 heterocycles. The van der Waals surface area contributed by atoms with Gasteiger partial charge < -0.3 is 15.0 Å². The third-order valence-electron chi connectivity index (χ3n) is 4.78. The Bertz CT molecular complexity index is 778. The molecule has 2 unspecified atom stereocenters. The van der Waals surface area contributed by atoms with Crippen molar-refractivity contribution in [1.29, 1.82) is 0 Å². The second-order valence-corrected chi connectivity index (χ2v) is 6.25. The average Bonchev–Trinajstić information content (AvgIpc) is 2.64. The normalized spacial score (nSPS) is 21.9. The van der Waals surface area contributed by atoms with E-state index in [0.29, 0.717) is 5.56 Å². The van der Waals surface area contributed by atoms with Crippen molar-refractivity contribution >= 4 is 23.4 Å². The van der Waals surface area contributed by atoms with E-state index in [1.54, 1.807) is 7.11 Å². The van der Waals surface area contributed by atoms with Gasteiger partial charge in [-0.15, -0.1) is 0 Å². The fraction of sp³-hybridized carbons (Fsp3) is 0.278. The molecule has 0 radical (unpaired) electrons. The molecule has 0 fully saturated rings. The smallest absolute Gasteiger partial charge is 0.255 e. The summed E-state index contributed by atoms with van der Waals surface area (Å²) in [6.07, 6.45) is 0.691. The number of nitrogens with zero attached hydrogens (tertiary/aromatic N) is 1. The van der Waals surface area contributed by atoms with E-state index in [4.69, 9.17) is 16.5 Å². The van der Waals surface area contributed by atoms with Crippen LogP contribution in [0.5, 0.6) is 5.75 Å². The highest BCUT2D eigenvalue weighted by molar-refractivity contribution is 6.13. The van der Waals surface area contributed by atoms with E-state index in [2.05, 4.69) is 15.1 Å². The van der Waals surface area contributed by atoms with Gasteiger partial charge in [0.25, 0.3) is 5.91 Å². The van der Waals surface area contributed by atoms with E-state index < -0.39 is 0 Å². The minimum Gasteiger partial charge on any atom is -0.497 e. The van der Waals surface area contributed by atoms with Crippen LogP contribution in [0.25, 0.3) is 0 Å². The van der Waals surface area contributed by atoms with E-state index >= 15 is 0 Å². The number of hydrogen-bond acceptors (Lipinski definition) is 4. The van der Waals surface area contributed by atoms with Crippen LogP contribution in [0.4, 0.5) is 5.69 Å². The van der Waals surface area contributed by atoms with Gasteiger partial charge in [-0.2, -0.15) is 0 Å². The third-order valence-corrected chi connectivity index (χ3v) is 5.04. The standard InChI is InChI=1S/C18H18ClN3O2/c1-24-12-7-5-11(6-8-12)17-20-18(23)14-4-2-3-13-15(21-19)9-10-22(17)16(13)14/h2-8,15,17,21H,9-10H2,1H3,(H,20,23). The SMILES string of the molecule is COc1ccc(C2NC(=O)c3cccc4c3N2CCC4NCl)cc1. The average molecular weight is 344 g/mol. The van der Waals surface area contributed by atoms with Crippen molar-refractivity contribution < 1.29 is 9.53 Å². The fourth-order valence-electron chi connectivity index (χ4n) is 3.58. The largest absolute Gasteiger partial charge is 0.497 e. The van der Waals surface area contributed by atoms with Crippen molar-refractivity contribution in [3.63, 3.8) is 0 Å². The van der Waals surface area contributed by atoms with Gasteiger partial charge in [0, 0.05) is 6.54 Å². The van der Waals surface area contributed by atoms with Crippen LogP contribution in [-0.2, 0) is 0 Å².